The number of aliphatic hydroxyl groups is 2. The van der Waals surface area contributed by atoms with E-state index in [0.717, 1.165) is 16.8 Å². The van der Waals surface area contributed by atoms with Crippen molar-refractivity contribution in [1.29, 1.82) is 0 Å². The van der Waals surface area contributed by atoms with Gasteiger partial charge >= 0.3 is 0 Å². The lowest BCUT2D eigenvalue weighted by Crippen LogP contribution is -2.33. The summed E-state index contributed by atoms with van der Waals surface area (Å²) in [6, 6.07) is 10.2. The Balaban J connectivity index is 0. The number of phenols is 1. The Morgan fingerprint density at radius 3 is 2.20 bits per heavy atom. The molecule has 0 heterocycles. The van der Waals surface area contributed by atoms with Crippen LogP contribution in [0.15, 0.2) is 30.3 Å². The van der Waals surface area contributed by atoms with Crippen molar-refractivity contribution in [3.05, 3.63) is 52.6 Å². The zero-order valence-electron chi connectivity index (χ0n) is 27.4. The lowest BCUT2D eigenvalue weighted by atomic mass is 9.73. The molecule has 0 amide bonds. The summed E-state index contributed by atoms with van der Waals surface area (Å²) in [5.41, 5.74) is 4.72. The third kappa shape index (κ3) is 10.4. The molecule has 2 aromatic carbocycles. The molecule has 3 unspecified atom stereocenters. The fourth-order valence-electron chi connectivity index (χ4n) is 5.82. The lowest BCUT2D eigenvalue weighted by molar-refractivity contribution is -0.131. The Morgan fingerprint density at radius 2 is 1.70 bits per heavy atom. The van der Waals surface area contributed by atoms with Crippen LogP contribution in [0.1, 0.15) is 82.3 Å². The molecule has 1 aliphatic rings. The van der Waals surface area contributed by atoms with Gasteiger partial charge in [-0.05, 0) is 80.8 Å². The van der Waals surface area contributed by atoms with Crippen molar-refractivity contribution in [3.63, 3.8) is 0 Å². The number of carbonyl (C=O) groups is 3. The maximum atomic E-state index is 13.5. The molecule has 2 aromatic rings. The van der Waals surface area contributed by atoms with Gasteiger partial charge in [0.2, 0.25) is 0 Å². The molecule has 10 heteroatoms. The molecule has 7 N–H and O–H groups in total. The van der Waals surface area contributed by atoms with Crippen LogP contribution < -0.4 is 15.5 Å². The van der Waals surface area contributed by atoms with Crippen LogP contribution in [-0.4, -0.2) is 79.5 Å². The van der Waals surface area contributed by atoms with E-state index in [4.69, 9.17) is 0 Å². The predicted octanol–water partition coefficient (Wildman–Crippen LogP) is 3.99. The number of ketones is 3. The van der Waals surface area contributed by atoms with Gasteiger partial charge in [-0.3, -0.25) is 14.4 Å². The van der Waals surface area contributed by atoms with Crippen LogP contribution in [0.5, 0.6) is 5.75 Å². The van der Waals surface area contributed by atoms with Gasteiger partial charge in [0.05, 0.1) is 24.3 Å². The molecule has 0 aromatic heterocycles. The molecule has 0 radical (unpaired) electrons. The molecule has 44 heavy (non-hydrogen) atoms. The van der Waals surface area contributed by atoms with E-state index in [0.29, 0.717) is 43.0 Å². The Labute approximate surface area is 265 Å². The number of carbonyl (C=O) groups excluding carboxylic acids is 3. The van der Waals surface area contributed by atoms with Gasteiger partial charge in [-0.2, -0.15) is 0 Å². The third-order valence-corrected chi connectivity index (χ3v) is 7.98. The summed E-state index contributed by atoms with van der Waals surface area (Å²) in [6.45, 7) is 5.56. The van der Waals surface area contributed by atoms with E-state index < -0.39 is 12.5 Å². The molecular weight excluding hydrogens is 562 g/mol. The van der Waals surface area contributed by atoms with Crippen molar-refractivity contribution >= 4 is 28.7 Å². The molecule has 0 saturated heterocycles. The standard InChI is InChI=1S/C32H44N2O6.C2H7N.H2O.2H2/c1-19(2)23-8-6-21(7-9-23)17-33-27-16-28(34(4)5)25-14-22(15-30(39)31(25)32(27)40)13-24(10-11-35)26(18-36)29(38)12-20(3)37;1-3-2;;;/h6-9,16,19,22,24,26,33,35-36,40H,10-15,17-18H2,1-5H3;3H,1-2H3;1H2;2*1H. The quantitative estimate of drug-likeness (QED) is 0.155. The van der Waals surface area contributed by atoms with Gasteiger partial charge in [-0.15, -0.1) is 0 Å². The molecule has 1 aliphatic carbocycles. The third-order valence-electron chi connectivity index (χ3n) is 7.98. The van der Waals surface area contributed by atoms with Crippen molar-refractivity contribution in [2.75, 3.05) is 51.6 Å². The first kappa shape index (κ1) is 38.7. The summed E-state index contributed by atoms with van der Waals surface area (Å²) in [5.74, 6) is -1.65. The summed E-state index contributed by atoms with van der Waals surface area (Å²) in [7, 11) is 7.54. The van der Waals surface area contributed by atoms with Crippen molar-refractivity contribution in [2.45, 2.75) is 65.3 Å². The molecule has 250 valence electrons. The first-order valence-corrected chi connectivity index (χ1v) is 15.1. The van der Waals surface area contributed by atoms with Crippen molar-refractivity contribution in [3.8, 4) is 5.75 Å². The molecule has 10 nitrogen and oxygen atoms in total. The number of hydrogen-bond acceptors (Lipinski definition) is 9. The van der Waals surface area contributed by atoms with E-state index in [1.165, 1.54) is 12.5 Å². The number of Topliss-reactive ketones (excluding diaryl/α,β-unsaturated/α-hetero) is 3. The minimum absolute atomic E-state index is 0. The largest absolute Gasteiger partial charge is 0.505 e. The number of aliphatic hydroxyl groups excluding tert-OH is 2. The number of benzene rings is 2. The second kappa shape index (κ2) is 18.5. The van der Waals surface area contributed by atoms with Gasteiger partial charge in [0.1, 0.15) is 17.3 Å². The first-order valence-electron chi connectivity index (χ1n) is 15.1. The number of rotatable bonds is 14. The Bertz CT molecular complexity index is 1240. The minimum atomic E-state index is -0.768. The normalized spacial score (nSPS) is 15.3. The molecule has 0 fully saturated rings. The van der Waals surface area contributed by atoms with E-state index in [2.05, 4.69) is 48.7 Å². The minimum Gasteiger partial charge on any atom is -0.505 e. The molecule has 0 bridgehead atoms. The smallest absolute Gasteiger partial charge is 0.167 e. The highest BCUT2D eigenvalue weighted by Gasteiger charge is 2.36. The number of fused-ring (bicyclic) bond motifs is 1. The summed E-state index contributed by atoms with van der Waals surface area (Å²) in [4.78, 5) is 39.6. The fraction of sp³-hybridized carbons (Fsp3) is 0.559. The first-order chi connectivity index (χ1) is 20.4. The number of anilines is 2. The lowest BCUT2D eigenvalue weighted by Gasteiger charge is -2.33. The average Bonchev–Trinajstić information content (AvgIpc) is 2.93. The average molecular weight is 620 g/mol. The zero-order chi connectivity index (χ0) is 32.3. The van der Waals surface area contributed by atoms with Crippen LogP contribution >= 0.6 is 0 Å². The SMILES string of the molecule is CC(=O)CC(=O)C(CO)C(CCO)CC1CC(=O)c2c(O)c(NCc3ccc(C(C)C)cc3)cc(N(C)C)c2C1.CNC.O.[HH].[HH]. The number of phenolic OH excluding ortho intramolecular Hbond substituents is 1. The predicted molar refractivity (Wildman–Crippen MR) is 180 cm³/mol. The maximum Gasteiger partial charge on any atom is 0.167 e. The highest BCUT2D eigenvalue weighted by atomic mass is 16.3. The van der Waals surface area contributed by atoms with Gasteiger partial charge in [0.15, 0.2) is 5.78 Å². The molecule has 0 spiro atoms. The number of nitrogens with one attached hydrogen (secondary N) is 2. The topological polar surface area (TPSA) is 171 Å². The second-order valence-electron chi connectivity index (χ2n) is 12.1. The molecular formula is C34H57N3O7. The van der Waals surface area contributed by atoms with Gasteiger partial charge in [0, 0.05) is 48.1 Å². The van der Waals surface area contributed by atoms with E-state index in [1.54, 1.807) is 0 Å². The van der Waals surface area contributed by atoms with Crippen LogP contribution in [0.2, 0.25) is 0 Å². The number of nitrogens with zero attached hydrogens (tertiary/aromatic N) is 1. The Hall–Kier alpha value is -3.31. The summed E-state index contributed by atoms with van der Waals surface area (Å²) in [6.07, 6.45) is 1.18. The van der Waals surface area contributed by atoms with Crippen molar-refractivity contribution in [2.24, 2.45) is 17.8 Å². The van der Waals surface area contributed by atoms with Crippen LogP contribution in [0.3, 0.4) is 0 Å². The summed E-state index contributed by atoms with van der Waals surface area (Å²) in [5, 5.41) is 36.9. The molecule has 3 atom stereocenters. The van der Waals surface area contributed by atoms with E-state index in [-0.39, 0.29) is 62.7 Å². The fourth-order valence-corrected chi connectivity index (χ4v) is 5.82. The highest BCUT2D eigenvalue weighted by molar-refractivity contribution is 6.04. The van der Waals surface area contributed by atoms with Crippen LogP contribution in [0, 0.1) is 17.8 Å². The Kier molecular flexibility index (Phi) is 16.3. The van der Waals surface area contributed by atoms with Gasteiger partial charge in [-0.1, -0.05) is 38.1 Å². The summed E-state index contributed by atoms with van der Waals surface area (Å²) < 4.78 is 0. The molecule has 0 aliphatic heterocycles. The van der Waals surface area contributed by atoms with Gasteiger partial charge in [0.25, 0.3) is 0 Å². The molecule has 0 saturated carbocycles. The van der Waals surface area contributed by atoms with Crippen LogP contribution in [-0.2, 0) is 22.6 Å². The second-order valence-corrected chi connectivity index (χ2v) is 12.1. The Morgan fingerprint density at radius 1 is 1.09 bits per heavy atom. The maximum absolute atomic E-state index is 13.5. The monoisotopic (exact) mass is 619 g/mol. The van der Waals surface area contributed by atoms with E-state index in [1.807, 2.05) is 39.2 Å². The zero-order valence-corrected chi connectivity index (χ0v) is 27.4. The van der Waals surface area contributed by atoms with E-state index >= 15 is 0 Å². The van der Waals surface area contributed by atoms with Gasteiger partial charge in [-0.25, -0.2) is 0 Å². The number of hydrogen-bond donors (Lipinski definition) is 5. The van der Waals surface area contributed by atoms with E-state index in [9.17, 15) is 29.7 Å². The van der Waals surface area contributed by atoms with Gasteiger partial charge < -0.3 is 36.3 Å². The van der Waals surface area contributed by atoms with Crippen LogP contribution in [0.25, 0.3) is 0 Å². The van der Waals surface area contributed by atoms with Crippen molar-refractivity contribution in [1.82, 2.24) is 5.32 Å². The molecule has 3 rings (SSSR count). The number of aromatic hydroxyl groups is 1. The summed E-state index contributed by atoms with van der Waals surface area (Å²) >= 11 is 0. The highest BCUT2D eigenvalue weighted by Crippen LogP contribution is 2.44. The van der Waals surface area contributed by atoms with Crippen molar-refractivity contribution < 1.29 is 38.0 Å². The van der Waals surface area contributed by atoms with Crippen LogP contribution in [0.4, 0.5) is 11.4 Å².